The largest absolute Gasteiger partial charge is 0.366 e. The number of rotatable bonds is 2. The second-order valence-electron chi connectivity index (χ2n) is 3.59. The van der Waals surface area contributed by atoms with Crippen molar-refractivity contribution in [2.24, 2.45) is 0 Å². The first-order valence-electron chi connectivity index (χ1n) is 4.68. The molecular formula is C10H12N2O2. The van der Waals surface area contributed by atoms with Gasteiger partial charge in [0.15, 0.2) is 0 Å². The van der Waals surface area contributed by atoms with Crippen LogP contribution in [0, 0.1) is 17.0 Å². The molecule has 0 atom stereocenters. The predicted octanol–water partition coefficient (Wildman–Crippen LogP) is 2.11. The summed E-state index contributed by atoms with van der Waals surface area (Å²) in [4.78, 5) is 12.5. The fraction of sp³-hybridized carbons (Fsp3) is 0.400. The zero-order valence-corrected chi connectivity index (χ0v) is 8.06. The van der Waals surface area contributed by atoms with Gasteiger partial charge in [0.2, 0.25) is 0 Å². The normalized spacial score (nSPS) is 15.1. The Hall–Kier alpha value is -1.58. The number of hydrogen-bond acceptors (Lipinski definition) is 3. The molecule has 74 valence electrons. The van der Waals surface area contributed by atoms with Gasteiger partial charge < -0.3 is 4.90 Å². The van der Waals surface area contributed by atoms with E-state index >= 15 is 0 Å². The van der Waals surface area contributed by atoms with E-state index in [1.165, 1.54) is 0 Å². The van der Waals surface area contributed by atoms with Crippen molar-refractivity contribution in [1.29, 1.82) is 0 Å². The molecule has 1 aromatic carbocycles. The van der Waals surface area contributed by atoms with Crippen molar-refractivity contribution in [2.45, 2.75) is 13.3 Å². The van der Waals surface area contributed by atoms with Crippen LogP contribution in [0.15, 0.2) is 18.2 Å². The predicted molar refractivity (Wildman–Crippen MR) is 54.7 cm³/mol. The lowest BCUT2D eigenvalue weighted by molar-refractivity contribution is -0.384. The Morgan fingerprint density at radius 2 is 2.14 bits per heavy atom. The van der Waals surface area contributed by atoms with Gasteiger partial charge in [0.1, 0.15) is 5.69 Å². The molecule has 1 heterocycles. The highest BCUT2D eigenvalue weighted by atomic mass is 16.6. The van der Waals surface area contributed by atoms with E-state index < -0.39 is 0 Å². The van der Waals surface area contributed by atoms with E-state index in [9.17, 15) is 10.1 Å². The standard InChI is InChI=1S/C10H12N2O2/c1-8-3-4-9(11-5-2-6-11)10(7-8)12(13)14/h3-4,7H,2,5-6H2,1H3. The van der Waals surface area contributed by atoms with Crippen LogP contribution in [0.5, 0.6) is 0 Å². The highest BCUT2D eigenvalue weighted by Crippen LogP contribution is 2.31. The van der Waals surface area contributed by atoms with Crippen molar-refractivity contribution in [2.75, 3.05) is 18.0 Å². The molecule has 0 amide bonds. The Morgan fingerprint density at radius 1 is 1.43 bits per heavy atom. The zero-order valence-electron chi connectivity index (χ0n) is 8.06. The van der Waals surface area contributed by atoms with Gasteiger partial charge in [0.05, 0.1) is 4.92 Å². The highest BCUT2D eigenvalue weighted by Gasteiger charge is 2.23. The molecule has 2 rings (SSSR count). The summed E-state index contributed by atoms with van der Waals surface area (Å²) in [5.41, 5.74) is 1.91. The Bertz CT molecular complexity index is 372. The molecule has 1 fully saturated rings. The lowest BCUT2D eigenvalue weighted by Crippen LogP contribution is -2.37. The molecular weight excluding hydrogens is 180 g/mol. The van der Waals surface area contributed by atoms with Gasteiger partial charge in [-0.15, -0.1) is 0 Å². The Kier molecular flexibility index (Phi) is 2.11. The van der Waals surface area contributed by atoms with Gasteiger partial charge >= 0.3 is 0 Å². The third-order valence-electron chi connectivity index (χ3n) is 2.52. The van der Waals surface area contributed by atoms with Gasteiger partial charge in [-0.3, -0.25) is 10.1 Å². The van der Waals surface area contributed by atoms with Crippen molar-refractivity contribution in [3.05, 3.63) is 33.9 Å². The van der Waals surface area contributed by atoms with Crippen LogP contribution in [-0.4, -0.2) is 18.0 Å². The van der Waals surface area contributed by atoms with Crippen LogP contribution in [0.3, 0.4) is 0 Å². The van der Waals surface area contributed by atoms with E-state index in [-0.39, 0.29) is 10.6 Å². The summed E-state index contributed by atoms with van der Waals surface area (Å²) < 4.78 is 0. The summed E-state index contributed by atoms with van der Waals surface area (Å²) in [7, 11) is 0. The van der Waals surface area contributed by atoms with Gasteiger partial charge in [0, 0.05) is 19.2 Å². The first-order valence-corrected chi connectivity index (χ1v) is 4.68. The minimum Gasteiger partial charge on any atom is -0.366 e. The highest BCUT2D eigenvalue weighted by molar-refractivity contribution is 5.65. The van der Waals surface area contributed by atoms with Crippen molar-refractivity contribution in [3.8, 4) is 0 Å². The van der Waals surface area contributed by atoms with E-state index in [0.717, 1.165) is 30.8 Å². The van der Waals surface area contributed by atoms with Gasteiger partial charge in [0.25, 0.3) is 5.69 Å². The molecule has 0 aliphatic carbocycles. The van der Waals surface area contributed by atoms with E-state index in [4.69, 9.17) is 0 Å². The van der Waals surface area contributed by atoms with Crippen LogP contribution >= 0.6 is 0 Å². The van der Waals surface area contributed by atoms with Crippen LogP contribution in [0.4, 0.5) is 11.4 Å². The van der Waals surface area contributed by atoms with E-state index in [1.807, 2.05) is 24.0 Å². The molecule has 0 aromatic heterocycles. The lowest BCUT2D eigenvalue weighted by atomic mass is 10.1. The van der Waals surface area contributed by atoms with Gasteiger partial charge in [-0.05, 0) is 25.0 Å². The first-order chi connectivity index (χ1) is 6.68. The van der Waals surface area contributed by atoms with E-state index in [2.05, 4.69) is 0 Å². The van der Waals surface area contributed by atoms with Crippen molar-refractivity contribution >= 4 is 11.4 Å². The number of benzene rings is 1. The first kappa shape index (κ1) is 8.99. The monoisotopic (exact) mass is 192 g/mol. The molecule has 0 radical (unpaired) electrons. The summed E-state index contributed by atoms with van der Waals surface area (Å²) >= 11 is 0. The molecule has 4 nitrogen and oxygen atoms in total. The average Bonchev–Trinajstić information content (AvgIpc) is 2.04. The molecule has 1 aliphatic rings. The molecule has 1 aromatic rings. The van der Waals surface area contributed by atoms with Crippen molar-refractivity contribution in [1.82, 2.24) is 0 Å². The van der Waals surface area contributed by atoms with Crippen LogP contribution < -0.4 is 4.90 Å². The molecule has 0 bridgehead atoms. The minimum atomic E-state index is -0.305. The number of nitrogens with zero attached hydrogens (tertiary/aromatic N) is 2. The Morgan fingerprint density at radius 3 is 2.64 bits per heavy atom. The maximum Gasteiger partial charge on any atom is 0.292 e. The summed E-state index contributed by atoms with van der Waals surface area (Å²) in [6, 6.07) is 5.39. The molecule has 1 saturated heterocycles. The second-order valence-corrected chi connectivity index (χ2v) is 3.59. The summed E-state index contributed by atoms with van der Waals surface area (Å²) in [6.45, 7) is 3.74. The topological polar surface area (TPSA) is 46.4 Å². The van der Waals surface area contributed by atoms with Gasteiger partial charge in [-0.2, -0.15) is 0 Å². The smallest absolute Gasteiger partial charge is 0.292 e. The maximum absolute atomic E-state index is 10.8. The third-order valence-corrected chi connectivity index (χ3v) is 2.52. The Labute approximate surface area is 82.3 Å². The number of nitro groups is 1. The average molecular weight is 192 g/mol. The lowest BCUT2D eigenvalue weighted by Gasteiger charge is -2.32. The third kappa shape index (κ3) is 1.43. The zero-order chi connectivity index (χ0) is 10.1. The SMILES string of the molecule is Cc1ccc(N2CCC2)c([N+](=O)[O-])c1. The fourth-order valence-electron chi connectivity index (χ4n) is 1.60. The van der Waals surface area contributed by atoms with Crippen molar-refractivity contribution < 1.29 is 4.92 Å². The van der Waals surface area contributed by atoms with Crippen LogP contribution in [0.2, 0.25) is 0 Å². The van der Waals surface area contributed by atoms with Gasteiger partial charge in [-0.25, -0.2) is 0 Å². The van der Waals surface area contributed by atoms with Crippen molar-refractivity contribution in [3.63, 3.8) is 0 Å². The van der Waals surface area contributed by atoms with Gasteiger partial charge in [-0.1, -0.05) is 6.07 Å². The van der Waals surface area contributed by atoms with Crippen LogP contribution in [0.1, 0.15) is 12.0 Å². The van der Waals surface area contributed by atoms with E-state index in [0.29, 0.717) is 0 Å². The quantitative estimate of drug-likeness (QED) is 0.532. The fourth-order valence-corrected chi connectivity index (χ4v) is 1.60. The van der Waals surface area contributed by atoms with Crippen LogP contribution in [0.25, 0.3) is 0 Å². The summed E-state index contributed by atoms with van der Waals surface area (Å²) in [5.74, 6) is 0. The maximum atomic E-state index is 10.8. The second kappa shape index (κ2) is 3.29. The number of aryl methyl sites for hydroxylation is 1. The number of anilines is 1. The molecule has 1 aliphatic heterocycles. The summed E-state index contributed by atoms with van der Waals surface area (Å²) in [5, 5.41) is 10.8. The van der Waals surface area contributed by atoms with Crippen LogP contribution in [-0.2, 0) is 0 Å². The summed E-state index contributed by atoms with van der Waals surface area (Å²) in [6.07, 6.45) is 1.13. The molecule has 0 N–H and O–H groups in total. The molecule has 14 heavy (non-hydrogen) atoms. The number of nitro benzene ring substituents is 1. The molecule has 0 spiro atoms. The van der Waals surface area contributed by atoms with E-state index in [1.54, 1.807) is 6.07 Å². The minimum absolute atomic E-state index is 0.227. The molecule has 0 unspecified atom stereocenters. The Balaban J connectivity index is 2.41. The number of hydrogen-bond donors (Lipinski definition) is 0. The molecule has 0 saturated carbocycles. The molecule has 4 heteroatoms.